The van der Waals surface area contributed by atoms with Gasteiger partial charge in [-0.2, -0.15) is 0 Å². The lowest BCUT2D eigenvalue weighted by Gasteiger charge is -2.26. The zero-order valence-corrected chi connectivity index (χ0v) is 11.6. The van der Waals surface area contributed by atoms with Crippen molar-refractivity contribution in [3.63, 3.8) is 0 Å². The summed E-state index contributed by atoms with van der Waals surface area (Å²) in [5, 5.41) is 14.1. The number of rotatable bonds is 4. The number of halogens is 1. The molecule has 1 aliphatic rings. The molecule has 5 nitrogen and oxygen atoms in total. The molecule has 1 aliphatic carbocycles. The number of carboxylic acid groups (broad SMARTS) is 1. The molecule has 1 aromatic carbocycles. The Balaban J connectivity index is 1.73. The third-order valence-electron chi connectivity index (χ3n) is 3.87. The second-order valence-corrected chi connectivity index (χ2v) is 5.37. The Morgan fingerprint density at radius 2 is 1.86 bits per heavy atom. The van der Waals surface area contributed by atoms with E-state index in [2.05, 4.69) is 10.6 Å². The standard InChI is InChI=1S/C15H19FN2O3/c16-12-3-1-2-4-13(12)18-15(21)17-9-10-5-7-11(8-6-10)14(19)20/h1-4,10-11H,5-9H2,(H,19,20)(H2,17,18,21). The van der Waals surface area contributed by atoms with Crippen LogP contribution in [0.1, 0.15) is 25.7 Å². The maximum Gasteiger partial charge on any atom is 0.319 e. The predicted octanol–water partition coefficient (Wildman–Crippen LogP) is 2.84. The van der Waals surface area contributed by atoms with Crippen LogP contribution in [0, 0.1) is 17.7 Å². The largest absolute Gasteiger partial charge is 0.481 e. The molecule has 3 N–H and O–H groups in total. The van der Waals surface area contributed by atoms with Crippen molar-refractivity contribution in [3.05, 3.63) is 30.1 Å². The van der Waals surface area contributed by atoms with E-state index in [-0.39, 0.29) is 17.5 Å². The molecule has 0 aromatic heterocycles. The molecule has 0 bridgehead atoms. The maximum atomic E-state index is 13.4. The van der Waals surface area contributed by atoms with Gasteiger partial charge in [0.15, 0.2) is 0 Å². The number of carboxylic acids is 1. The van der Waals surface area contributed by atoms with Crippen molar-refractivity contribution in [2.24, 2.45) is 11.8 Å². The van der Waals surface area contributed by atoms with Crippen LogP contribution in [0.4, 0.5) is 14.9 Å². The third kappa shape index (κ3) is 4.44. The number of anilines is 1. The normalized spacial score (nSPS) is 21.6. The zero-order chi connectivity index (χ0) is 15.2. The zero-order valence-electron chi connectivity index (χ0n) is 11.6. The van der Waals surface area contributed by atoms with Crippen molar-refractivity contribution in [2.45, 2.75) is 25.7 Å². The van der Waals surface area contributed by atoms with Crippen molar-refractivity contribution in [3.8, 4) is 0 Å². The number of carbonyl (C=O) groups is 2. The highest BCUT2D eigenvalue weighted by Gasteiger charge is 2.25. The minimum absolute atomic E-state index is 0.143. The van der Waals surface area contributed by atoms with E-state index in [0.717, 1.165) is 12.8 Å². The van der Waals surface area contributed by atoms with Gasteiger partial charge in [0.05, 0.1) is 11.6 Å². The summed E-state index contributed by atoms with van der Waals surface area (Å²) in [6.07, 6.45) is 2.88. The molecule has 1 fully saturated rings. The van der Waals surface area contributed by atoms with Gasteiger partial charge >= 0.3 is 12.0 Å². The smallest absolute Gasteiger partial charge is 0.319 e. The van der Waals surface area contributed by atoms with Gasteiger partial charge in [-0.3, -0.25) is 4.79 Å². The van der Waals surface area contributed by atoms with Crippen molar-refractivity contribution in [1.29, 1.82) is 0 Å². The molecule has 1 saturated carbocycles. The molecular weight excluding hydrogens is 275 g/mol. The van der Waals surface area contributed by atoms with Crippen LogP contribution in [0.3, 0.4) is 0 Å². The van der Waals surface area contributed by atoms with Crippen LogP contribution in [0.25, 0.3) is 0 Å². The number of urea groups is 1. The fourth-order valence-corrected chi connectivity index (χ4v) is 2.58. The summed E-state index contributed by atoms with van der Waals surface area (Å²) < 4.78 is 13.4. The van der Waals surface area contributed by atoms with Gasteiger partial charge in [-0.15, -0.1) is 0 Å². The van der Waals surface area contributed by atoms with Crippen LogP contribution in [-0.4, -0.2) is 23.7 Å². The molecular formula is C15H19FN2O3. The van der Waals surface area contributed by atoms with Crippen LogP contribution < -0.4 is 10.6 Å². The number of carbonyl (C=O) groups excluding carboxylic acids is 1. The molecule has 21 heavy (non-hydrogen) atoms. The molecule has 1 aromatic rings. The first-order chi connectivity index (χ1) is 10.1. The Hall–Kier alpha value is -2.11. The first kappa shape index (κ1) is 15.3. The molecule has 0 spiro atoms. The highest BCUT2D eigenvalue weighted by Crippen LogP contribution is 2.28. The minimum Gasteiger partial charge on any atom is -0.481 e. The number of benzene rings is 1. The fourth-order valence-electron chi connectivity index (χ4n) is 2.58. The molecule has 114 valence electrons. The molecule has 0 heterocycles. The quantitative estimate of drug-likeness (QED) is 0.799. The summed E-state index contributed by atoms with van der Waals surface area (Å²) in [4.78, 5) is 22.5. The van der Waals surface area contributed by atoms with Crippen LogP contribution >= 0.6 is 0 Å². The number of hydrogen-bond donors (Lipinski definition) is 3. The lowest BCUT2D eigenvalue weighted by molar-refractivity contribution is -0.143. The van der Waals surface area contributed by atoms with E-state index >= 15 is 0 Å². The topological polar surface area (TPSA) is 78.4 Å². The van der Waals surface area contributed by atoms with Crippen molar-refractivity contribution < 1.29 is 19.1 Å². The summed E-state index contributed by atoms with van der Waals surface area (Å²) in [5.41, 5.74) is 0.143. The Labute approximate surface area is 122 Å². The number of aliphatic carboxylic acids is 1. The average molecular weight is 294 g/mol. The van der Waals surface area contributed by atoms with Gasteiger partial charge in [-0.25, -0.2) is 9.18 Å². The van der Waals surface area contributed by atoms with E-state index in [1.54, 1.807) is 12.1 Å². The molecule has 0 atom stereocenters. The Kier molecular flexibility index (Phi) is 5.14. The number of para-hydroxylation sites is 1. The van der Waals surface area contributed by atoms with Crippen LogP contribution in [0.15, 0.2) is 24.3 Å². The van der Waals surface area contributed by atoms with E-state index < -0.39 is 17.8 Å². The van der Waals surface area contributed by atoms with E-state index in [1.165, 1.54) is 12.1 Å². The van der Waals surface area contributed by atoms with Gasteiger partial charge in [0.1, 0.15) is 5.82 Å². The van der Waals surface area contributed by atoms with E-state index in [0.29, 0.717) is 19.4 Å². The Bertz CT molecular complexity index is 513. The minimum atomic E-state index is -0.737. The van der Waals surface area contributed by atoms with E-state index in [4.69, 9.17) is 5.11 Å². The third-order valence-corrected chi connectivity index (χ3v) is 3.87. The molecule has 0 radical (unpaired) electrons. The van der Waals surface area contributed by atoms with Gasteiger partial charge in [0.25, 0.3) is 0 Å². The second-order valence-electron chi connectivity index (χ2n) is 5.37. The highest BCUT2D eigenvalue weighted by atomic mass is 19.1. The van der Waals surface area contributed by atoms with Gasteiger partial charge < -0.3 is 15.7 Å². The monoisotopic (exact) mass is 294 g/mol. The Morgan fingerprint density at radius 3 is 2.48 bits per heavy atom. The van der Waals surface area contributed by atoms with Crippen LogP contribution in [0.5, 0.6) is 0 Å². The molecule has 0 unspecified atom stereocenters. The van der Waals surface area contributed by atoms with Crippen molar-refractivity contribution in [1.82, 2.24) is 5.32 Å². The van der Waals surface area contributed by atoms with Gasteiger partial charge in [-0.05, 0) is 43.7 Å². The summed E-state index contributed by atoms with van der Waals surface area (Å²) in [6.45, 7) is 0.479. The average Bonchev–Trinajstić information content (AvgIpc) is 2.48. The number of amides is 2. The van der Waals surface area contributed by atoms with E-state index in [9.17, 15) is 14.0 Å². The SMILES string of the molecule is O=C(NCC1CCC(C(=O)O)CC1)Nc1ccccc1F. The van der Waals surface area contributed by atoms with E-state index in [1.807, 2.05) is 0 Å². The summed E-state index contributed by atoms with van der Waals surface area (Å²) >= 11 is 0. The maximum absolute atomic E-state index is 13.4. The van der Waals surface area contributed by atoms with Crippen molar-refractivity contribution >= 4 is 17.7 Å². The molecule has 0 aliphatic heterocycles. The second kappa shape index (κ2) is 7.06. The first-order valence-corrected chi connectivity index (χ1v) is 7.08. The summed E-state index contributed by atoms with van der Waals surface area (Å²) in [5.74, 6) is -1.19. The van der Waals surface area contributed by atoms with Gasteiger partial charge in [0, 0.05) is 6.54 Å². The molecule has 2 amide bonds. The van der Waals surface area contributed by atoms with Crippen LogP contribution in [0.2, 0.25) is 0 Å². The van der Waals surface area contributed by atoms with Gasteiger partial charge in [0.2, 0.25) is 0 Å². The fraction of sp³-hybridized carbons (Fsp3) is 0.467. The van der Waals surface area contributed by atoms with Crippen molar-refractivity contribution in [2.75, 3.05) is 11.9 Å². The molecule has 0 saturated heterocycles. The molecule has 6 heteroatoms. The Morgan fingerprint density at radius 1 is 1.19 bits per heavy atom. The predicted molar refractivity (Wildman–Crippen MR) is 76.5 cm³/mol. The number of hydrogen-bond acceptors (Lipinski definition) is 2. The summed E-state index contributed by atoms with van der Waals surface area (Å²) in [6, 6.07) is 5.53. The lowest BCUT2D eigenvalue weighted by atomic mass is 9.82. The number of nitrogens with one attached hydrogen (secondary N) is 2. The highest BCUT2D eigenvalue weighted by molar-refractivity contribution is 5.89. The first-order valence-electron chi connectivity index (χ1n) is 7.08. The van der Waals surface area contributed by atoms with Gasteiger partial charge in [-0.1, -0.05) is 12.1 Å². The molecule has 2 rings (SSSR count). The lowest BCUT2D eigenvalue weighted by Crippen LogP contribution is -2.35. The van der Waals surface area contributed by atoms with Crippen LogP contribution in [-0.2, 0) is 4.79 Å². The summed E-state index contributed by atoms with van der Waals surface area (Å²) in [7, 11) is 0.